The molecule has 0 radical (unpaired) electrons. The number of likely N-dealkylation sites (tertiary alicyclic amines) is 1. The Kier molecular flexibility index (Phi) is 5.20. The Hall–Kier alpha value is -1.86. The highest BCUT2D eigenvalue weighted by Gasteiger charge is 2.26. The first-order valence-electron chi connectivity index (χ1n) is 8.17. The van der Waals surface area contributed by atoms with Crippen LogP contribution in [0.1, 0.15) is 12.8 Å². The Morgan fingerprint density at radius 3 is 2.96 bits per heavy atom. The van der Waals surface area contributed by atoms with E-state index in [1.54, 1.807) is 30.5 Å². The summed E-state index contributed by atoms with van der Waals surface area (Å²) < 4.78 is 32.2. The number of rotatable bonds is 7. The van der Waals surface area contributed by atoms with E-state index < -0.39 is 9.84 Å². The number of sulfone groups is 1. The van der Waals surface area contributed by atoms with Gasteiger partial charge in [-0.1, -0.05) is 6.07 Å². The van der Waals surface area contributed by atoms with E-state index >= 15 is 0 Å². The molecule has 1 aliphatic rings. The summed E-state index contributed by atoms with van der Waals surface area (Å²) in [6, 6.07) is 8.93. The summed E-state index contributed by atoms with van der Waals surface area (Å²) in [5, 5.41) is 4.25. The molecule has 1 saturated heterocycles. The first kappa shape index (κ1) is 17.0. The molecule has 2 heterocycles. The minimum atomic E-state index is -3.31. The van der Waals surface area contributed by atoms with Crippen molar-refractivity contribution < 1.29 is 13.2 Å². The lowest BCUT2D eigenvalue weighted by Crippen LogP contribution is -2.36. The van der Waals surface area contributed by atoms with E-state index in [2.05, 4.69) is 10.00 Å². The van der Waals surface area contributed by atoms with Crippen molar-refractivity contribution >= 4 is 9.84 Å². The van der Waals surface area contributed by atoms with Crippen molar-refractivity contribution in [1.29, 1.82) is 0 Å². The van der Waals surface area contributed by atoms with Crippen LogP contribution in [0.5, 0.6) is 5.75 Å². The van der Waals surface area contributed by atoms with Crippen LogP contribution >= 0.6 is 0 Å². The molecule has 0 saturated carbocycles. The van der Waals surface area contributed by atoms with Crippen LogP contribution in [0.4, 0.5) is 0 Å². The van der Waals surface area contributed by atoms with Gasteiger partial charge in [0.05, 0.1) is 24.3 Å². The van der Waals surface area contributed by atoms with Crippen molar-refractivity contribution in [2.75, 3.05) is 26.0 Å². The molecule has 1 aromatic heterocycles. The zero-order valence-electron chi connectivity index (χ0n) is 13.8. The van der Waals surface area contributed by atoms with Crippen molar-refractivity contribution in [2.24, 2.45) is 0 Å². The maximum absolute atomic E-state index is 12.6. The van der Waals surface area contributed by atoms with Gasteiger partial charge in [0.25, 0.3) is 0 Å². The molecule has 0 spiro atoms. The van der Waals surface area contributed by atoms with E-state index in [-0.39, 0.29) is 5.75 Å². The average Bonchev–Trinajstić information content (AvgIpc) is 3.25. The van der Waals surface area contributed by atoms with Crippen LogP contribution in [0, 0.1) is 0 Å². The van der Waals surface area contributed by atoms with E-state index in [0.717, 1.165) is 25.9 Å². The second-order valence-electron chi connectivity index (χ2n) is 6.06. The molecule has 0 amide bonds. The summed E-state index contributed by atoms with van der Waals surface area (Å²) in [6.45, 7) is 2.30. The lowest BCUT2D eigenvalue weighted by molar-refractivity contribution is 0.239. The molecular formula is C17H23N3O3S. The molecule has 0 N–H and O–H groups in total. The van der Waals surface area contributed by atoms with Crippen molar-refractivity contribution in [2.45, 2.75) is 30.3 Å². The van der Waals surface area contributed by atoms with Crippen LogP contribution in [-0.4, -0.2) is 55.1 Å². The van der Waals surface area contributed by atoms with Gasteiger partial charge in [0.2, 0.25) is 0 Å². The normalized spacial score (nSPS) is 18.8. The Labute approximate surface area is 143 Å². The second kappa shape index (κ2) is 7.36. The van der Waals surface area contributed by atoms with Crippen LogP contribution in [0.3, 0.4) is 0 Å². The summed E-state index contributed by atoms with van der Waals surface area (Å²) in [7, 11) is -1.77. The molecule has 24 heavy (non-hydrogen) atoms. The minimum absolute atomic E-state index is 0.121. The van der Waals surface area contributed by atoms with Gasteiger partial charge < -0.3 is 4.74 Å². The number of nitrogens with zero attached hydrogens (tertiary/aromatic N) is 3. The molecule has 1 aromatic carbocycles. The van der Waals surface area contributed by atoms with Crippen molar-refractivity contribution in [1.82, 2.24) is 14.7 Å². The SMILES string of the molecule is COc1cccc(S(=O)(=O)CCN2CCCC2Cn2cccn2)c1. The molecule has 6 nitrogen and oxygen atoms in total. The van der Waals surface area contributed by atoms with Gasteiger partial charge in [-0.25, -0.2) is 8.42 Å². The van der Waals surface area contributed by atoms with Gasteiger partial charge in [0.15, 0.2) is 9.84 Å². The minimum Gasteiger partial charge on any atom is -0.497 e. The van der Waals surface area contributed by atoms with Crippen molar-refractivity contribution in [3.05, 3.63) is 42.7 Å². The maximum Gasteiger partial charge on any atom is 0.179 e. The third-order valence-electron chi connectivity index (χ3n) is 4.50. The number of hydrogen-bond acceptors (Lipinski definition) is 5. The van der Waals surface area contributed by atoms with E-state index in [1.165, 1.54) is 7.11 Å². The van der Waals surface area contributed by atoms with E-state index in [1.807, 2.05) is 16.9 Å². The topological polar surface area (TPSA) is 64.4 Å². The van der Waals surface area contributed by atoms with Crippen LogP contribution in [0.2, 0.25) is 0 Å². The summed E-state index contributed by atoms with van der Waals surface area (Å²) in [6.07, 6.45) is 5.90. The largest absolute Gasteiger partial charge is 0.497 e. The number of ether oxygens (including phenoxy) is 1. The highest BCUT2D eigenvalue weighted by Crippen LogP contribution is 2.21. The number of aromatic nitrogens is 2. The summed E-state index contributed by atoms with van der Waals surface area (Å²) >= 11 is 0. The van der Waals surface area contributed by atoms with Gasteiger partial charge in [-0.2, -0.15) is 5.10 Å². The Morgan fingerprint density at radius 2 is 2.21 bits per heavy atom. The highest BCUT2D eigenvalue weighted by atomic mass is 32.2. The molecule has 7 heteroatoms. The number of benzene rings is 1. The van der Waals surface area contributed by atoms with Gasteiger partial charge in [0.1, 0.15) is 5.75 Å². The molecule has 2 aromatic rings. The van der Waals surface area contributed by atoms with E-state index in [4.69, 9.17) is 4.74 Å². The van der Waals surface area contributed by atoms with E-state index in [0.29, 0.717) is 23.2 Å². The summed E-state index contributed by atoms with van der Waals surface area (Å²) in [5.41, 5.74) is 0. The lowest BCUT2D eigenvalue weighted by atomic mass is 10.2. The third kappa shape index (κ3) is 3.96. The van der Waals surface area contributed by atoms with Gasteiger partial charge in [-0.15, -0.1) is 0 Å². The van der Waals surface area contributed by atoms with Crippen LogP contribution < -0.4 is 4.74 Å². The summed E-state index contributed by atoms with van der Waals surface area (Å²) in [5.74, 6) is 0.685. The standard InChI is InChI=1S/C17H23N3O3S/c1-23-16-6-2-7-17(13-16)24(21,22)12-11-19-9-3-5-15(19)14-20-10-4-8-18-20/h2,4,6-8,10,13,15H,3,5,9,11-12,14H2,1H3. The molecule has 0 aliphatic carbocycles. The van der Waals surface area contributed by atoms with E-state index in [9.17, 15) is 8.42 Å². The smallest absolute Gasteiger partial charge is 0.179 e. The van der Waals surface area contributed by atoms with Gasteiger partial charge in [-0.05, 0) is 43.7 Å². The number of methoxy groups -OCH3 is 1. The Bertz CT molecular complexity index is 759. The first-order chi connectivity index (χ1) is 11.6. The first-order valence-corrected chi connectivity index (χ1v) is 9.82. The summed E-state index contributed by atoms with van der Waals surface area (Å²) in [4.78, 5) is 2.59. The predicted molar refractivity (Wildman–Crippen MR) is 91.9 cm³/mol. The zero-order valence-corrected chi connectivity index (χ0v) is 14.7. The fourth-order valence-corrected chi connectivity index (χ4v) is 4.46. The molecule has 1 fully saturated rings. The third-order valence-corrected chi connectivity index (χ3v) is 6.20. The monoisotopic (exact) mass is 349 g/mol. The van der Waals surface area contributed by atoms with Crippen LogP contribution in [0.25, 0.3) is 0 Å². The van der Waals surface area contributed by atoms with Gasteiger partial charge >= 0.3 is 0 Å². The van der Waals surface area contributed by atoms with Gasteiger partial charge in [-0.3, -0.25) is 9.58 Å². The van der Waals surface area contributed by atoms with Crippen LogP contribution in [0.15, 0.2) is 47.6 Å². The zero-order chi connectivity index (χ0) is 17.0. The van der Waals surface area contributed by atoms with Gasteiger partial charge in [0, 0.05) is 25.0 Å². The van der Waals surface area contributed by atoms with Crippen molar-refractivity contribution in [3.63, 3.8) is 0 Å². The average molecular weight is 349 g/mol. The molecular weight excluding hydrogens is 326 g/mol. The quantitative estimate of drug-likeness (QED) is 0.763. The maximum atomic E-state index is 12.6. The molecule has 0 bridgehead atoms. The molecule has 1 atom stereocenters. The van der Waals surface area contributed by atoms with Crippen molar-refractivity contribution in [3.8, 4) is 5.75 Å². The highest BCUT2D eigenvalue weighted by molar-refractivity contribution is 7.91. The lowest BCUT2D eigenvalue weighted by Gasteiger charge is -2.24. The second-order valence-corrected chi connectivity index (χ2v) is 8.17. The molecule has 130 valence electrons. The van der Waals surface area contributed by atoms with Crippen LogP contribution in [-0.2, 0) is 16.4 Å². The molecule has 1 unspecified atom stereocenters. The molecule has 1 aliphatic heterocycles. The molecule has 3 rings (SSSR count). The predicted octanol–water partition coefficient (Wildman–Crippen LogP) is 1.83. The Morgan fingerprint density at radius 1 is 1.33 bits per heavy atom. The number of hydrogen-bond donors (Lipinski definition) is 0. The fraction of sp³-hybridized carbons (Fsp3) is 0.471. The Balaban J connectivity index is 1.63. The fourth-order valence-electron chi connectivity index (χ4n) is 3.17.